The van der Waals surface area contributed by atoms with Gasteiger partial charge in [0.1, 0.15) is 0 Å². The van der Waals surface area contributed by atoms with Gasteiger partial charge in [0.15, 0.2) is 6.29 Å². The van der Waals surface area contributed by atoms with Gasteiger partial charge in [0.2, 0.25) is 0 Å². The number of hydrogen-bond acceptors (Lipinski definition) is 3. The average molecular weight is 165 g/mol. The fourth-order valence-electron chi connectivity index (χ4n) is 0.980. The summed E-state index contributed by atoms with van der Waals surface area (Å²) in [4.78, 5) is 0. The molecule has 0 bridgehead atoms. The molecule has 0 spiro atoms. The first-order valence-corrected chi connectivity index (χ1v) is 3.57. The third kappa shape index (κ3) is 1.85. The van der Waals surface area contributed by atoms with Crippen LogP contribution in [0.2, 0.25) is 0 Å². The molecule has 1 rings (SSSR count). The summed E-state index contributed by atoms with van der Waals surface area (Å²) in [5, 5.41) is 18.1. The number of ether oxygens (including phenoxy) is 1. The van der Waals surface area contributed by atoms with E-state index in [2.05, 4.69) is 0 Å². The minimum atomic E-state index is -0.982. The van der Waals surface area contributed by atoms with Crippen LogP contribution in [0.1, 0.15) is 11.9 Å². The Balaban J connectivity index is 2.96. The predicted octanol–water partition coefficient (Wildman–Crippen LogP) is -0.439. The molecule has 4 heteroatoms. The van der Waals surface area contributed by atoms with Crippen molar-refractivity contribution in [1.29, 1.82) is 0 Å². The lowest BCUT2D eigenvalue weighted by molar-refractivity contribution is -0.0762. The Morgan fingerprint density at radius 1 is 1.42 bits per heavy atom. The first-order valence-electron chi connectivity index (χ1n) is 3.57. The van der Waals surface area contributed by atoms with E-state index < -0.39 is 6.29 Å². The van der Waals surface area contributed by atoms with E-state index in [1.807, 2.05) is 0 Å². The maximum atomic E-state index is 9.29. The van der Waals surface area contributed by atoms with Gasteiger partial charge >= 0.3 is 7.48 Å². The van der Waals surface area contributed by atoms with Gasteiger partial charge in [0.05, 0.1) is 0 Å². The normalized spacial score (nSPS) is 12.6. The molecule has 0 aliphatic heterocycles. The quantitative estimate of drug-likeness (QED) is 0.471. The molecule has 63 valence electrons. The molecule has 1 aromatic carbocycles. The van der Waals surface area contributed by atoms with E-state index in [0.29, 0.717) is 11.0 Å². The van der Waals surface area contributed by atoms with Gasteiger partial charge in [-0.3, -0.25) is 0 Å². The summed E-state index contributed by atoms with van der Waals surface area (Å²) in [7, 11) is 2.34. The maximum absolute atomic E-state index is 9.29. The third-order valence-corrected chi connectivity index (χ3v) is 1.62. The van der Waals surface area contributed by atoms with Crippen LogP contribution in [-0.2, 0) is 4.74 Å². The first-order chi connectivity index (χ1) is 5.79. The van der Waals surface area contributed by atoms with Gasteiger partial charge in [0, 0.05) is 12.7 Å². The molecule has 1 unspecified atom stereocenters. The van der Waals surface area contributed by atoms with Crippen LogP contribution in [0.4, 0.5) is 0 Å². The van der Waals surface area contributed by atoms with E-state index >= 15 is 0 Å². The lowest BCUT2D eigenvalue weighted by atomic mass is 9.84. The van der Waals surface area contributed by atoms with Crippen molar-refractivity contribution < 1.29 is 14.9 Å². The van der Waals surface area contributed by atoms with Crippen LogP contribution in [0.3, 0.4) is 0 Å². The van der Waals surface area contributed by atoms with E-state index in [1.54, 1.807) is 24.3 Å². The average Bonchev–Trinajstić information content (AvgIpc) is 2.16. The fraction of sp³-hybridized carbons (Fsp3) is 0.250. The van der Waals surface area contributed by atoms with Gasteiger partial charge in [0.25, 0.3) is 0 Å². The molecule has 3 nitrogen and oxygen atoms in total. The van der Waals surface area contributed by atoms with Crippen molar-refractivity contribution in [3.05, 3.63) is 29.8 Å². The Hall–Kier alpha value is -0.835. The van der Waals surface area contributed by atoms with Crippen LogP contribution >= 0.6 is 0 Å². The summed E-state index contributed by atoms with van der Waals surface area (Å²) < 4.78 is 4.70. The summed E-state index contributed by atoms with van der Waals surface area (Å²) in [5.74, 6) is 0. The highest BCUT2D eigenvalue weighted by Gasteiger charge is 2.09. The number of hydrogen-bond donors (Lipinski definition) is 2. The van der Waals surface area contributed by atoms with Crippen molar-refractivity contribution in [3.8, 4) is 0 Å². The topological polar surface area (TPSA) is 49.7 Å². The molecule has 1 aromatic rings. The molecule has 0 saturated heterocycles. The second-order valence-corrected chi connectivity index (χ2v) is 2.35. The van der Waals surface area contributed by atoms with Gasteiger partial charge in [-0.25, -0.2) is 0 Å². The summed E-state index contributed by atoms with van der Waals surface area (Å²) in [6, 6.07) is 6.92. The van der Waals surface area contributed by atoms with Crippen molar-refractivity contribution in [1.82, 2.24) is 0 Å². The molecule has 0 saturated carbocycles. The summed E-state index contributed by atoms with van der Waals surface area (Å²) in [6.45, 7) is 0. The van der Waals surface area contributed by atoms with Gasteiger partial charge in [-0.2, -0.15) is 0 Å². The van der Waals surface area contributed by atoms with Crippen molar-refractivity contribution in [2.45, 2.75) is 6.29 Å². The van der Waals surface area contributed by atoms with Crippen molar-refractivity contribution in [3.63, 3.8) is 0 Å². The van der Waals surface area contributed by atoms with Crippen LogP contribution < -0.4 is 5.46 Å². The Labute approximate surface area is 71.9 Å². The summed E-state index contributed by atoms with van der Waals surface area (Å²) in [5.41, 5.74) is 1.12. The molecule has 0 heterocycles. The number of aliphatic hydroxyl groups is 1. The molecule has 1 radical (unpaired) electrons. The monoisotopic (exact) mass is 165 g/mol. The van der Waals surface area contributed by atoms with Crippen molar-refractivity contribution >= 4 is 12.9 Å². The summed E-state index contributed by atoms with van der Waals surface area (Å²) in [6.07, 6.45) is -0.982. The predicted molar refractivity (Wildman–Crippen MR) is 46.0 cm³/mol. The van der Waals surface area contributed by atoms with Crippen LogP contribution in [0.15, 0.2) is 24.3 Å². The largest absolute Gasteiger partial charge is 0.450 e. The highest BCUT2D eigenvalue weighted by molar-refractivity contribution is 6.46. The molecule has 0 aromatic heterocycles. The molecule has 0 aliphatic carbocycles. The molecule has 0 fully saturated rings. The van der Waals surface area contributed by atoms with Gasteiger partial charge in [-0.1, -0.05) is 24.3 Å². The fourth-order valence-corrected chi connectivity index (χ4v) is 0.980. The SMILES string of the molecule is COC(O)c1ccccc1[B]O. The van der Waals surface area contributed by atoms with E-state index in [0.717, 1.165) is 7.48 Å². The van der Waals surface area contributed by atoms with Crippen LogP contribution in [0, 0.1) is 0 Å². The van der Waals surface area contributed by atoms with Crippen molar-refractivity contribution in [2.24, 2.45) is 0 Å². The number of benzene rings is 1. The number of aliphatic hydroxyl groups excluding tert-OH is 1. The minimum absolute atomic E-state index is 0.558. The Bertz CT molecular complexity index is 252. The molecule has 0 amide bonds. The second-order valence-electron chi connectivity index (χ2n) is 2.35. The standard InChI is InChI=1S/C8H10BO3/c1-12-8(10)6-4-2-3-5-7(6)9-11/h2-5,8,10-11H,1H3. The van der Waals surface area contributed by atoms with E-state index in [4.69, 9.17) is 9.76 Å². The third-order valence-electron chi connectivity index (χ3n) is 1.62. The summed E-state index contributed by atoms with van der Waals surface area (Å²) >= 11 is 0. The van der Waals surface area contributed by atoms with Crippen LogP contribution in [0.25, 0.3) is 0 Å². The van der Waals surface area contributed by atoms with Gasteiger partial charge in [-0.15, -0.1) is 0 Å². The van der Waals surface area contributed by atoms with Crippen LogP contribution in [0.5, 0.6) is 0 Å². The molecule has 12 heavy (non-hydrogen) atoms. The van der Waals surface area contributed by atoms with E-state index in [-0.39, 0.29) is 0 Å². The Morgan fingerprint density at radius 2 is 2.08 bits per heavy atom. The van der Waals surface area contributed by atoms with Gasteiger partial charge in [-0.05, 0) is 5.46 Å². The molecule has 0 aliphatic rings. The smallest absolute Gasteiger partial charge is 0.327 e. The first kappa shape index (κ1) is 9.25. The number of rotatable bonds is 3. The number of methoxy groups -OCH3 is 1. The van der Waals surface area contributed by atoms with Crippen LogP contribution in [-0.4, -0.2) is 24.7 Å². The maximum Gasteiger partial charge on any atom is 0.327 e. The van der Waals surface area contributed by atoms with E-state index in [1.165, 1.54) is 7.11 Å². The highest BCUT2D eigenvalue weighted by Crippen LogP contribution is 2.09. The van der Waals surface area contributed by atoms with Gasteiger partial charge < -0.3 is 14.9 Å². The zero-order valence-corrected chi connectivity index (χ0v) is 6.77. The second kappa shape index (κ2) is 4.26. The molecular formula is C8H10BO3. The molecule has 1 atom stereocenters. The zero-order chi connectivity index (χ0) is 8.97. The van der Waals surface area contributed by atoms with Crippen molar-refractivity contribution in [2.75, 3.05) is 7.11 Å². The van der Waals surface area contributed by atoms with E-state index in [9.17, 15) is 5.11 Å². The molecule has 2 N–H and O–H groups in total. The lowest BCUT2D eigenvalue weighted by Crippen LogP contribution is -2.21. The lowest BCUT2D eigenvalue weighted by Gasteiger charge is -2.11. The highest BCUT2D eigenvalue weighted by atomic mass is 16.6. The zero-order valence-electron chi connectivity index (χ0n) is 6.77. The Kier molecular flexibility index (Phi) is 3.28. The minimum Gasteiger partial charge on any atom is -0.450 e. The Morgan fingerprint density at radius 3 is 2.67 bits per heavy atom. The molecular weight excluding hydrogens is 155 g/mol.